The van der Waals surface area contributed by atoms with Crippen LogP contribution < -0.4 is 10.1 Å². The maximum atomic E-state index is 12.2. The molecule has 0 saturated carbocycles. The molecule has 0 spiro atoms. The Morgan fingerprint density at radius 3 is 2.78 bits per heavy atom. The Kier molecular flexibility index (Phi) is 6.85. The topological polar surface area (TPSA) is 51.2 Å². The van der Waals surface area contributed by atoms with Crippen molar-refractivity contribution < 1.29 is 9.53 Å². The molecule has 140 valence electrons. The summed E-state index contributed by atoms with van der Waals surface area (Å²) in [5.74, 6) is 0.796. The molecule has 0 aliphatic rings. The predicted molar refractivity (Wildman–Crippen MR) is 112 cm³/mol. The molecule has 0 fully saturated rings. The number of carbonyl (C=O) groups is 1. The van der Waals surface area contributed by atoms with Gasteiger partial charge >= 0.3 is 0 Å². The monoisotopic (exact) mass is 400 g/mol. The van der Waals surface area contributed by atoms with E-state index in [1.165, 1.54) is 11.3 Å². The molecular weight excluding hydrogens is 380 g/mol. The summed E-state index contributed by atoms with van der Waals surface area (Å²) >= 11 is 7.39. The van der Waals surface area contributed by atoms with Crippen molar-refractivity contribution in [1.82, 2.24) is 4.98 Å². The van der Waals surface area contributed by atoms with Gasteiger partial charge in [-0.25, -0.2) is 4.98 Å². The minimum absolute atomic E-state index is 0.0563. The van der Waals surface area contributed by atoms with E-state index in [4.69, 9.17) is 16.3 Å². The van der Waals surface area contributed by atoms with Crippen LogP contribution in [0.5, 0.6) is 5.75 Å². The van der Waals surface area contributed by atoms with Gasteiger partial charge in [-0.2, -0.15) is 0 Å². The van der Waals surface area contributed by atoms with E-state index < -0.39 is 0 Å². The highest BCUT2D eigenvalue weighted by atomic mass is 35.5. The van der Waals surface area contributed by atoms with Crippen LogP contribution in [0.15, 0.2) is 53.9 Å². The fourth-order valence-corrected chi connectivity index (χ4v) is 3.49. The normalized spacial score (nSPS) is 10.6. The summed E-state index contributed by atoms with van der Waals surface area (Å²) in [6.07, 6.45) is 2.01. The molecule has 0 bridgehead atoms. The molecule has 1 heterocycles. The third-order valence-corrected chi connectivity index (χ3v) is 4.90. The van der Waals surface area contributed by atoms with Crippen molar-refractivity contribution in [3.05, 3.63) is 64.5 Å². The largest absolute Gasteiger partial charge is 0.494 e. The standard InChI is InChI=1S/C21H21ClN2O2S/c1-2-12-26-18-9-7-16(8-10-18)19-14-27-21(23-19)24-20(25)11-6-15-4-3-5-17(22)13-15/h3-5,7-10,13-14H,2,6,11-12H2,1H3,(H,23,24,25). The van der Waals surface area contributed by atoms with Crippen molar-refractivity contribution in [1.29, 1.82) is 0 Å². The van der Waals surface area contributed by atoms with Gasteiger partial charge in [0, 0.05) is 22.4 Å². The molecule has 27 heavy (non-hydrogen) atoms. The Bertz CT molecular complexity index is 893. The smallest absolute Gasteiger partial charge is 0.226 e. The van der Waals surface area contributed by atoms with Crippen LogP contribution in [0.25, 0.3) is 11.3 Å². The summed E-state index contributed by atoms with van der Waals surface area (Å²) in [5, 5.41) is 6.09. The first-order chi connectivity index (χ1) is 13.1. The van der Waals surface area contributed by atoms with E-state index in [2.05, 4.69) is 17.2 Å². The zero-order chi connectivity index (χ0) is 19.1. The van der Waals surface area contributed by atoms with Crippen LogP contribution >= 0.6 is 22.9 Å². The van der Waals surface area contributed by atoms with Gasteiger partial charge in [0.25, 0.3) is 0 Å². The number of carbonyl (C=O) groups excluding carboxylic acids is 1. The van der Waals surface area contributed by atoms with Gasteiger partial charge in [0.2, 0.25) is 5.91 Å². The number of hydrogen-bond donors (Lipinski definition) is 1. The summed E-state index contributed by atoms with van der Waals surface area (Å²) in [4.78, 5) is 16.7. The molecule has 2 aromatic carbocycles. The van der Waals surface area contributed by atoms with Gasteiger partial charge in [-0.05, 0) is 54.8 Å². The van der Waals surface area contributed by atoms with Crippen LogP contribution in [0, 0.1) is 0 Å². The first-order valence-electron chi connectivity index (χ1n) is 8.87. The number of nitrogens with one attached hydrogen (secondary N) is 1. The fraction of sp³-hybridized carbons (Fsp3) is 0.238. The Morgan fingerprint density at radius 1 is 1.22 bits per heavy atom. The zero-order valence-electron chi connectivity index (χ0n) is 15.1. The molecule has 3 rings (SSSR count). The average molecular weight is 401 g/mol. The third kappa shape index (κ3) is 5.81. The van der Waals surface area contributed by atoms with E-state index in [-0.39, 0.29) is 5.91 Å². The molecule has 6 heteroatoms. The third-order valence-electron chi connectivity index (χ3n) is 3.90. The second-order valence-electron chi connectivity index (χ2n) is 6.09. The Hall–Kier alpha value is -2.37. The molecule has 1 aromatic heterocycles. The van der Waals surface area contributed by atoms with Crippen LogP contribution in [0.3, 0.4) is 0 Å². The summed E-state index contributed by atoms with van der Waals surface area (Å²) in [6, 6.07) is 15.4. The lowest BCUT2D eigenvalue weighted by molar-refractivity contribution is -0.116. The Balaban J connectivity index is 1.54. The van der Waals surface area contributed by atoms with Crippen molar-refractivity contribution in [3.63, 3.8) is 0 Å². The highest BCUT2D eigenvalue weighted by Gasteiger charge is 2.09. The molecule has 0 saturated heterocycles. The highest BCUT2D eigenvalue weighted by molar-refractivity contribution is 7.14. The molecule has 0 atom stereocenters. The van der Waals surface area contributed by atoms with Gasteiger partial charge in [-0.3, -0.25) is 4.79 Å². The Labute approximate surface area is 168 Å². The lowest BCUT2D eigenvalue weighted by Gasteiger charge is -2.05. The van der Waals surface area contributed by atoms with Gasteiger partial charge in [0.15, 0.2) is 5.13 Å². The number of benzene rings is 2. The number of nitrogens with zero attached hydrogens (tertiary/aromatic N) is 1. The average Bonchev–Trinajstić information content (AvgIpc) is 3.13. The van der Waals surface area contributed by atoms with Gasteiger partial charge in [0.05, 0.1) is 12.3 Å². The van der Waals surface area contributed by atoms with E-state index >= 15 is 0 Å². The summed E-state index contributed by atoms with van der Waals surface area (Å²) < 4.78 is 5.59. The minimum Gasteiger partial charge on any atom is -0.494 e. The number of anilines is 1. The summed E-state index contributed by atoms with van der Waals surface area (Å²) in [5.41, 5.74) is 2.88. The number of halogens is 1. The van der Waals surface area contributed by atoms with Gasteiger partial charge in [-0.1, -0.05) is 30.7 Å². The molecule has 4 nitrogen and oxygen atoms in total. The molecule has 3 aromatic rings. The predicted octanol–water partition coefficient (Wildman–Crippen LogP) is 5.82. The van der Waals surface area contributed by atoms with Crippen LogP contribution in [-0.2, 0) is 11.2 Å². The molecule has 0 aliphatic heterocycles. The number of aromatic nitrogens is 1. The van der Waals surface area contributed by atoms with Crippen LogP contribution in [0.1, 0.15) is 25.3 Å². The number of thiazole rings is 1. The fourth-order valence-electron chi connectivity index (χ4n) is 2.54. The number of aryl methyl sites for hydroxylation is 1. The maximum Gasteiger partial charge on any atom is 0.226 e. The van der Waals surface area contributed by atoms with E-state index in [0.717, 1.165) is 29.0 Å². The quantitative estimate of drug-likeness (QED) is 0.518. The van der Waals surface area contributed by atoms with Crippen LogP contribution in [-0.4, -0.2) is 17.5 Å². The molecule has 0 radical (unpaired) electrons. The molecular formula is C21H21ClN2O2S. The molecule has 0 unspecified atom stereocenters. The maximum absolute atomic E-state index is 12.2. The second kappa shape index (κ2) is 9.53. The van der Waals surface area contributed by atoms with Gasteiger partial charge < -0.3 is 10.1 Å². The van der Waals surface area contributed by atoms with Crippen LogP contribution in [0.2, 0.25) is 5.02 Å². The molecule has 1 amide bonds. The first-order valence-corrected chi connectivity index (χ1v) is 10.1. The van der Waals surface area contributed by atoms with Crippen molar-refractivity contribution >= 4 is 34.0 Å². The lowest BCUT2D eigenvalue weighted by atomic mass is 10.1. The van der Waals surface area contributed by atoms with Crippen LogP contribution in [0.4, 0.5) is 5.13 Å². The highest BCUT2D eigenvalue weighted by Crippen LogP contribution is 2.26. The van der Waals surface area contributed by atoms with E-state index in [9.17, 15) is 4.79 Å². The van der Waals surface area contributed by atoms with Gasteiger partial charge in [0.1, 0.15) is 5.75 Å². The second-order valence-corrected chi connectivity index (χ2v) is 7.38. The minimum atomic E-state index is -0.0563. The number of amides is 1. The number of ether oxygens (including phenoxy) is 1. The SMILES string of the molecule is CCCOc1ccc(-c2csc(NC(=O)CCc3cccc(Cl)c3)n2)cc1. The van der Waals surface area contributed by atoms with E-state index in [0.29, 0.717) is 29.6 Å². The van der Waals surface area contributed by atoms with Gasteiger partial charge in [-0.15, -0.1) is 11.3 Å². The van der Waals surface area contributed by atoms with Crippen molar-refractivity contribution in [2.24, 2.45) is 0 Å². The van der Waals surface area contributed by atoms with E-state index in [1.807, 2.05) is 53.9 Å². The first kappa shape index (κ1) is 19.4. The lowest BCUT2D eigenvalue weighted by Crippen LogP contribution is -2.12. The van der Waals surface area contributed by atoms with Crippen molar-refractivity contribution in [2.45, 2.75) is 26.2 Å². The van der Waals surface area contributed by atoms with Crippen molar-refractivity contribution in [3.8, 4) is 17.0 Å². The summed E-state index contributed by atoms with van der Waals surface area (Å²) in [7, 11) is 0. The van der Waals surface area contributed by atoms with E-state index in [1.54, 1.807) is 0 Å². The van der Waals surface area contributed by atoms with Crippen molar-refractivity contribution in [2.75, 3.05) is 11.9 Å². The molecule has 0 aliphatic carbocycles. The zero-order valence-corrected chi connectivity index (χ0v) is 16.6. The Morgan fingerprint density at radius 2 is 2.04 bits per heavy atom. The number of hydrogen-bond acceptors (Lipinski definition) is 4. The number of rotatable bonds is 8. The molecule has 1 N–H and O–H groups in total. The summed E-state index contributed by atoms with van der Waals surface area (Å²) in [6.45, 7) is 2.79.